The summed E-state index contributed by atoms with van der Waals surface area (Å²) in [5, 5.41) is 7.28. The molecule has 140 valence electrons. The van der Waals surface area contributed by atoms with Crippen LogP contribution in [0.2, 0.25) is 0 Å². The fourth-order valence-electron chi connectivity index (χ4n) is 3.66. The van der Waals surface area contributed by atoms with E-state index in [1.807, 2.05) is 20.8 Å². The third-order valence-corrected chi connectivity index (χ3v) is 6.29. The highest BCUT2D eigenvalue weighted by Crippen LogP contribution is 2.27. The van der Waals surface area contributed by atoms with E-state index in [9.17, 15) is 13.2 Å². The highest BCUT2D eigenvalue weighted by atomic mass is 32.2. The predicted molar refractivity (Wildman–Crippen MR) is 94.4 cm³/mol. The Morgan fingerprint density at radius 2 is 2.04 bits per heavy atom. The van der Waals surface area contributed by atoms with E-state index < -0.39 is 9.84 Å². The van der Waals surface area contributed by atoms with Crippen LogP contribution < -0.4 is 5.32 Å². The first-order valence-electron chi connectivity index (χ1n) is 8.66. The van der Waals surface area contributed by atoms with Crippen molar-refractivity contribution < 1.29 is 17.9 Å². The lowest BCUT2D eigenvalue weighted by Gasteiger charge is -2.34. The number of amides is 1. The van der Waals surface area contributed by atoms with Crippen LogP contribution in [0.25, 0.3) is 0 Å². The van der Waals surface area contributed by atoms with Gasteiger partial charge < -0.3 is 10.1 Å². The Morgan fingerprint density at radius 1 is 1.36 bits per heavy atom. The zero-order valence-electron chi connectivity index (χ0n) is 14.9. The lowest BCUT2D eigenvalue weighted by molar-refractivity contribution is -0.121. The molecule has 1 N–H and O–H groups in total. The molecule has 3 rings (SSSR count). The van der Waals surface area contributed by atoms with E-state index in [2.05, 4.69) is 15.3 Å². The van der Waals surface area contributed by atoms with Crippen molar-refractivity contribution in [2.24, 2.45) is 0 Å². The fraction of sp³-hybridized carbons (Fsp3) is 0.750. The first kappa shape index (κ1) is 18.3. The van der Waals surface area contributed by atoms with Crippen LogP contribution >= 0.6 is 0 Å². The van der Waals surface area contributed by atoms with Crippen LogP contribution in [0, 0.1) is 6.92 Å². The number of hydrogen-bond donors (Lipinski definition) is 1. The highest BCUT2D eigenvalue weighted by molar-refractivity contribution is 7.91. The minimum atomic E-state index is -3.01. The van der Waals surface area contributed by atoms with Gasteiger partial charge in [-0.15, -0.1) is 0 Å². The number of carbonyl (C=O) groups is 1. The zero-order valence-corrected chi connectivity index (χ0v) is 15.8. The van der Waals surface area contributed by atoms with Gasteiger partial charge in [-0.2, -0.15) is 5.10 Å². The second-order valence-corrected chi connectivity index (χ2v) is 9.40. The number of morpholine rings is 1. The summed E-state index contributed by atoms with van der Waals surface area (Å²) < 4.78 is 30.8. The van der Waals surface area contributed by atoms with E-state index in [1.54, 1.807) is 10.7 Å². The van der Waals surface area contributed by atoms with Gasteiger partial charge in [0.1, 0.15) is 5.82 Å². The number of aryl methyl sites for hydroxylation is 1. The molecule has 2 aliphatic rings. The van der Waals surface area contributed by atoms with Gasteiger partial charge in [0.25, 0.3) is 0 Å². The first-order valence-corrected chi connectivity index (χ1v) is 10.5. The molecule has 0 aromatic carbocycles. The normalized spacial score (nSPS) is 29.6. The SMILES string of the molecule is Cc1cc(NC(=O)CN2C[C@H](C)O[C@@H](C)C2)n([C@H]2CCS(=O)(=O)C2)n1. The summed E-state index contributed by atoms with van der Waals surface area (Å²) in [7, 11) is -3.01. The third-order valence-electron chi connectivity index (χ3n) is 4.54. The molecule has 2 saturated heterocycles. The van der Waals surface area contributed by atoms with E-state index in [0.29, 0.717) is 12.2 Å². The van der Waals surface area contributed by atoms with Gasteiger partial charge in [-0.3, -0.25) is 9.69 Å². The average molecular weight is 370 g/mol. The lowest BCUT2D eigenvalue weighted by atomic mass is 10.2. The Kier molecular flexibility index (Phi) is 5.17. The van der Waals surface area contributed by atoms with Crippen LogP contribution in [0.5, 0.6) is 0 Å². The number of nitrogens with zero attached hydrogens (tertiary/aromatic N) is 3. The maximum absolute atomic E-state index is 12.4. The van der Waals surface area contributed by atoms with Crippen molar-refractivity contribution in [3.8, 4) is 0 Å². The number of rotatable bonds is 4. The molecule has 1 amide bonds. The van der Waals surface area contributed by atoms with Crippen LogP contribution in [0.1, 0.15) is 32.0 Å². The van der Waals surface area contributed by atoms with Crippen molar-refractivity contribution >= 4 is 21.6 Å². The molecule has 2 fully saturated rings. The van der Waals surface area contributed by atoms with Crippen LogP contribution in [0.15, 0.2) is 6.07 Å². The number of carbonyl (C=O) groups excluding carboxylic acids is 1. The summed E-state index contributed by atoms with van der Waals surface area (Å²) in [6.45, 7) is 7.55. The summed E-state index contributed by atoms with van der Waals surface area (Å²) in [5.41, 5.74) is 0.758. The van der Waals surface area contributed by atoms with Gasteiger partial charge in [-0.05, 0) is 27.2 Å². The molecular weight excluding hydrogens is 344 g/mol. The average Bonchev–Trinajstić information content (AvgIpc) is 2.99. The minimum Gasteiger partial charge on any atom is -0.373 e. The summed E-state index contributed by atoms with van der Waals surface area (Å²) in [6, 6.07) is 1.57. The molecule has 1 aromatic heterocycles. The number of anilines is 1. The van der Waals surface area contributed by atoms with Crippen molar-refractivity contribution in [2.75, 3.05) is 36.5 Å². The fourth-order valence-corrected chi connectivity index (χ4v) is 5.35. The first-order chi connectivity index (χ1) is 11.7. The standard InChI is InChI=1S/C16H26N4O4S/c1-11-6-15(20(18-11)14-4-5-25(22,23)10-14)17-16(21)9-19-7-12(2)24-13(3)8-19/h6,12-14H,4-5,7-10H2,1-3H3,(H,17,21)/t12-,13-,14-/m0/s1. The maximum atomic E-state index is 12.4. The van der Waals surface area contributed by atoms with Crippen molar-refractivity contribution in [3.63, 3.8) is 0 Å². The maximum Gasteiger partial charge on any atom is 0.239 e. The molecular formula is C16H26N4O4S. The van der Waals surface area contributed by atoms with Gasteiger partial charge in [0.05, 0.1) is 42.0 Å². The van der Waals surface area contributed by atoms with Gasteiger partial charge in [0.2, 0.25) is 5.91 Å². The Hall–Kier alpha value is -1.45. The molecule has 3 heterocycles. The van der Waals surface area contributed by atoms with Crippen molar-refractivity contribution in [2.45, 2.75) is 45.4 Å². The molecule has 0 radical (unpaired) electrons. The van der Waals surface area contributed by atoms with Gasteiger partial charge in [-0.25, -0.2) is 13.1 Å². The van der Waals surface area contributed by atoms with E-state index in [0.717, 1.165) is 18.8 Å². The van der Waals surface area contributed by atoms with E-state index in [1.165, 1.54) is 0 Å². The van der Waals surface area contributed by atoms with Crippen LogP contribution in [0.3, 0.4) is 0 Å². The summed E-state index contributed by atoms with van der Waals surface area (Å²) in [6.07, 6.45) is 0.742. The quantitative estimate of drug-likeness (QED) is 0.834. The van der Waals surface area contributed by atoms with Crippen LogP contribution in [-0.2, 0) is 19.4 Å². The Morgan fingerprint density at radius 3 is 2.64 bits per heavy atom. The number of ether oxygens (including phenoxy) is 1. The molecule has 1 aromatic rings. The van der Waals surface area contributed by atoms with Crippen molar-refractivity contribution in [1.29, 1.82) is 0 Å². The Bertz CT molecular complexity index is 735. The molecule has 0 bridgehead atoms. The summed E-state index contributed by atoms with van der Waals surface area (Å²) >= 11 is 0. The van der Waals surface area contributed by atoms with Gasteiger partial charge in [0.15, 0.2) is 9.84 Å². The Balaban J connectivity index is 1.65. The molecule has 8 nitrogen and oxygen atoms in total. The van der Waals surface area contributed by atoms with Gasteiger partial charge in [-0.1, -0.05) is 0 Å². The van der Waals surface area contributed by atoms with Crippen molar-refractivity contribution in [3.05, 3.63) is 11.8 Å². The number of sulfone groups is 1. The topological polar surface area (TPSA) is 93.5 Å². The van der Waals surface area contributed by atoms with Gasteiger partial charge >= 0.3 is 0 Å². The Labute approximate surface area is 148 Å². The third kappa shape index (κ3) is 4.59. The molecule has 3 atom stereocenters. The van der Waals surface area contributed by atoms with Crippen LogP contribution in [0.4, 0.5) is 5.82 Å². The number of nitrogens with one attached hydrogen (secondary N) is 1. The van der Waals surface area contributed by atoms with Gasteiger partial charge in [0, 0.05) is 19.2 Å². The molecule has 0 spiro atoms. The minimum absolute atomic E-state index is 0.0789. The number of aromatic nitrogens is 2. The zero-order chi connectivity index (χ0) is 18.2. The predicted octanol–water partition coefficient (Wildman–Crippen LogP) is 0.599. The molecule has 0 unspecified atom stereocenters. The van der Waals surface area contributed by atoms with E-state index >= 15 is 0 Å². The van der Waals surface area contributed by atoms with Crippen molar-refractivity contribution in [1.82, 2.24) is 14.7 Å². The molecule has 2 aliphatic heterocycles. The second kappa shape index (κ2) is 7.05. The molecule has 25 heavy (non-hydrogen) atoms. The largest absolute Gasteiger partial charge is 0.373 e. The lowest BCUT2D eigenvalue weighted by Crippen LogP contribution is -2.48. The van der Waals surface area contributed by atoms with Crippen LogP contribution in [-0.4, -0.2) is 72.4 Å². The summed E-state index contributed by atoms with van der Waals surface area (Å²) in [5.74, 6) is 0.700. The smallest absolute Gasteiger partial charge is 0.239 e. The number of hydrogen-bond acceptors (Lipinski definition) is 6. The monoisotopic (exact) mass is 370 g/mol. The highest BCUT2D eigenvalue weighted by Gasteiger charge is 2.31. The molecule has 0 aliphatic carbocycles. The van der Waals surface area contributed by atoms with E-state index in [4.69, 9.17) is 4.74 Å². The molecule has 9 heteroatoms. The molecule has 0 saturated carbocycles. The summed E-state index contributed by atoms with van der Waals surface area (Å²) in [4.78, 5) is 14.5. The second-order valence-electron chi connectivity index (χ2n) is 7.17. The van der Waals surface area contributed by atoms with E-state index in [-0.39, 0.29) is 42.2 Å².